The van der Waals surface area contributed by atoms with Gasteiger partial charge in [0.15, 0.2) is 12.6 Å². The number of rotatable bonds is 6. The van der Waals surface area contributed by atoms with E-state index in [0.29, 0.717) is 38.7 Å². The average Bonchev–Trinajstić information content (AvgIpc) is 2.91. The molecule has 0 aromatic heterocycles. The molecule has 2 aliphatic heterocycles. The Balaban J connectivity index is 0.000000201. The van der Waals surface area contributed by atoms with E-state index in [4.69, 9.17) is 23.7 Å². The summed E-state index contributed by atoms with van der Waals surface area (Å²) in [5, 5.41) is 10.0. The molecule has 4 unspecified atom stereocenters. The van der Waals surface area contributed by atoms with Crippen LogP contribution in [0, 0.1) is 11.8 Å². The minimum atomic E-state index is -1.10. The van der Waals surface area contributed by atoms with Crippen LogP contribution in [0.3, 0.4) is 0 Å². The molecule has 4 aliphatic rings. The van der Waals surface area contributed by atoms with Gasteiger partial charge in [0, 0.05) is 13.2 Å². The van der Waals surface area contributed by atoms with Crippen LogP contribution in [-0.4, -0.2) is 81.5 Å². The third-order valence-electron chi connectivity index (χ3n) is 7.47. The second-order valence-corrected chi connectivity index (χ2v) is 10.1. The fourth-order valence-electron chi connectivity index (χ4n) is 5.31. The molecule has 0 aromatic rings. The highest BCUT2D eigenvalue weighted by Gasteiger charge is 2.37. The van der Waals surface area contributed by atoms with Crippen molar-refractivity contribution in [3.05, 3.63) is 0 Å². The highest BCUT2D eigenvalue weighted by Crippen LogP contribution is 2.32. The summed E-state index contributed by atoms with van der Waals surface area (Å²) in [4.78, 5) is 22.8. The first-order chi connectivity index (χ1) is 17.4. The van der Waals surface area contributed by atoms with E-state index in [1.807, 2.05) is 0 Å². The van der Waals surface area contributed by atoms with Crippen LogP contribution in [0.25, 0.3) is 0 Å². The van der Waals surface area contributed by atoms with Crippen LogP contribution in [0.1, 0.15) is 77.0 Å². The van der Waals surface area contributed by atoms with Crippen LogP contribution in [0.5, 0.6) is 0 Å². The lowest BCUT2D eigenvalue weighted by molar-refractivity contribution is -0.216. The SMILES string of the molecule is COC(=O)[C@H]1CCC(OC2CCCCO2)[C@@H](O)C1.COC(=O)[C@H]1CCC(OC2CCCCO2)[C@H](F)C1. The minimum Gasteiger partial charge on any atom is -0.469 e. The second-order valence-electron chi connectivity index (χ2n) is 10.1. The number of carbonyl (C=O) groups excluding carboxylic acids is 2. The molecular formula is C26H43FO9. The molecule has 4 rings (SSSR count). The lowest BCUT2D eigenvalue weighted by atomic mass is 9.85. The molecule has 10 heteroatoms. The van der Waals surface area contributed by atoms with E-state index < -0.39 is 18.4 Å². The molecule has 8 atom stereocenters. The number of aliphatic hydroxyl groups excluding tert-OH is 1. The molecule has 2 saturated carbocycles. The van der Waals surface area contributed by atoms with Crippen LogP contribution < -0.4 is 0 Å². The van der Waals surface area contributed by atoms with Gasteiger partial charge >= 0.3 is 11.9 Å². The first-order valence-electron chi connectivity index (χ1n) is 13.4. The first-order valence-corrected chi connectivity index (χ1v) is 13.4. The maximum absolute atomic E-state index is 14.0. The maximum Gasteiger partial charge on any atom is 0.308 e. The molecule has 0 aromatic carbocycles. The zero-order valence-electron chi connectivity index (χ0n) is 21.6. The Morgan fingerprint density at radius 2 is 1.22 bits per heavy atom. The number of alkyl halides is 1. The van der Waals surface area contributed by atoms with Crippen molar-refractivity contribution in [2.45, 2.75) is 114 Å². The van der Waals surface area contributed by atoms with Gasteiger partial charge in [-0.15, -0.1) is 0 Å². The van der Waals surface area contributed by atoms with Gasteiger partial charge in [0.2, 0.25) is 0 Å². The molecule has 0 amide bonds. The number of methoxy groups -OCH3 is 2. The van der Waals surface area contributed by atoms with Crippen molar-refractivity contribution in [1.82, 2.24) is 0 Å². The molecular weight excluding hydrogens is 475 g/mol. The van der Waals surface area contributed by atoms with E-state index >= 15 is 0 Å². The van der Waals surface area contributed by atoms with Crippen molar-refractivity contribution in [1.29, 1.82) is 0 Å². The first kappa shape index (κ1) is 29.2. The smallest absolute Gasteiger partial charge is 0.308 e. The molecule has 9 nitrogen and oxygen atoms in total. The fourth-order valence-corrected chi connectivity index (χ4v) is 5.31. The average molecular weight is 519 g/mol. The van der Waals surface area contributed by atoms with Gasteiger partial charge in [-0.05, 0) is 77.0 Å². The quantitative estimate of drug-likeness (QED) is 0.529. The van der Waals surface area contributed by atoms with E-state index in [-0.39, 0.29) is 48.9 Å². The lowest BCUT2D eigenvalue weighted by Crippen LogP contribution is -2.41. The normalized spacial score (nSPS) is 37.2. The molecule has 0 spiro atoms. The van der Waals surface area contributed by atoms with Crippen molar-refractivity contribution in [2.24, 2.45) is 11.8 Å². The van der Waals surface area contributed by atoms with Gasteiger partial charge < -0.3 is 33.5 Å². The standard InChI is InChI=1S/C13H21FO4.C13H22O5/c2*1-16-13(15)9-5-6-11(10(14)8-9)18-12-4-2-3-7-17-12/h9-12H,2-8H2,1H3;9-12,14H,2-8H2,1H3/t9-,10+,11?,12?;9-,10-,11?,12?/m00/s1. The number of hydrogen-bond donors (Lipinski definition) is 1. The molecule has 1 N–H and O–H groups in total. The molecule has 2 saturated heterocycles. The summed E-state index contributed by atoms with van der Waals surface area (Å²) in [5.74, 6) is -1.07. The zero-order chi connectivity index (χ0) is 25.9. The molecule has 0 bridgehead atoms. The minimum absolute atomic E-state index is 0.187. The number of carbonyl (C=O) groups is 2. The molecule has 36 heavy (non-hydrogen) atoms. The largest absolute Gasteiger partial charge is 0.469 e. The summed E-state index contributed by atoms with van der Waals surface area (Å²) < 4.78 is 45.7. The van der Waals surface area contributed by atoms with E-state index in [1.165, 1.54) is 14.2 Å². The van der Waals surface area contributed by atoms with E-state index in [1.54, 1.807) is 0 Å². The zero-order valence-corrected chi connectivity index (χ0v) is 21.6. The monoisotopic (exact) mass is 518 g/mol. The topological polar surface area (TPSA) is 110 Å². The Labute approximate surface area is 213 Å². The molecule has 4 fully saturated rings. The molecule has 208 valence electrons. The number of ether oxygens (including phenoxy) is 6. The van der Waals surface area contributed by atoms with Gasteiger partial charge in [0.25, 0.3) is 0 Å². The van der Waals surface area contributed by atoms with Crippen molar-refractivity contribution in [3.8, 4) is 0 Å². The predicted octanol–water partition coefficient (Wildman–Crippen LogP) is 3.44. The predicted molar refractivity (Wildman–Crippen MR) is 127 cm³/mol. The summed E-state index contributed by atoms with van der Waals surface area (Å²) in [6.07, 6.45) is 6.42. The summed E-state index contributed by atoms with van der Waals surface area (Å²) in [6, 6.07) is 0. The van der Waals surface area contributed by atoms with Gasteiger partial charge in [0.1, 0.15) is 6.17 Å². The van der Waals surface area contributed by atoms with Crippen molar-refractivity contribution in [3.63, 3.8) is 0 Å². The van der Waals surface area contributed by atoms with Gasteiger partial charge in [-0.25, -0.2) is 4.39 Å². The summed E-state index contributed by atoms with van der Waals surface area (Å²) in [5.41, 5.74) is 0. The third kappa shape index (κ3) is 8.90. The molecule has 0 radical (unpaired) electrons. The lowest BCUT2D eigenvalue weighted by Gasteiger charge is -2.35. The van der Waals surface area contributed by atoms with E-state index in [9.17, 15) is 19.1 Å². The summed E-state index contributed by atoms with van der Waals surface area (Å²) >= 11 is 0. The van der Waals surface area contributed by atoms with Crippen LogP contribution in [0.2, 0.25) is 0 Å². The van der Waals surface area contributed by atoms with Crippen LogP contribution in [0.15, 0.2) is 0 Å². The van der Waals surface area contributed by atoms with Crippen molar-refractivity contribution in [2.75, 3.05) is 27.4 Å². The molecule has 2 aliphatic carbocycles. The van der Waals surface area contributed by atoms with Crippen LogP contribution in [0.4, 0.5) is 4.39 Å². The summed E-state index contributed by atoms with van der Waals surface area (Å²) in [7, 11) is 2.72. The van der Waals surface area contributed by atoms with E-state index in [0.717, 1.165) is 45.1 Å². The highest BCUT2D eigenvalue weighted by atomic mass is 19.1. The highest BCUT2D eigenvalue weighted by molar-refractivity contribution is 5.72. The second kappa shape index (κ2) is 15.2. The van der Waals surface area contributed by atoms with Crippen LogP contribution in [-0.2, 0) is 38.0 Å². The molecule has 2 heterocycles. The van der Waals surface area contributed by atoms with Gasteiger partial charge in [0.05, 0.1) is 44.4 Å². The summed E-state index contributed by atoms with van der Waals surface area (Å²) in [6.45, 7) is 1.43. The van der Waals surface area contributed by atoms with Crippen LogP contribution >= 0.6 is 0 Å². The number of esters is 2. The number of halogens is 1. The van der Waals surface area contributed by atoms with E-state index in [2.05, 4.69) is 4.74 Å². The fraction of sp³-hybridized carbons (Fsp3) is 0.923. The van der Waals surface area contributed by atoms with Crippen molar-refractivity contribution < 1.29 is 47.5 Å². The van der Waals surface area contributed by atoms with Gasteiger partial charge in [-0.1, -0.05) is 0 Å². The Morgan fingerprint density at radius 3 is 1.67 bits per heavy atom. The Bertz CT molecular complexity index is 610. The van der Waals surface area contributed by atoms with Gasteiger partial charge in [-0.3, -0.25) is 9.59 Å². The third-order valence-corrected chi connectivity index (χ3v) is 7.47. The number of hydrogen-bond acceptors (Lipinski definition) is 9. The van der Waals surface area contributed by atoms with Crippen molar-refractivity contribution >= 4 is 11.9 Å². The maximum atomic E-state index is 14.0. The number of aliphatic hydroxyl groups is 1. The Kier molecular flexibility index (Phi) is 12.3. The van der Waals surface area contributed by atoms with Gasteiger partial charge in [-0.2, -0.15) is 0 Å². The Hall–Kier alpha value is -1.33. The Morgan fingerprint density at radius 1 is 0.722 bits per heavy atom.